The lowest BCUT2D eigenvalue weighted by molar-refractivity contribution is -0.140. The second kappa shape index (κ2) is 8.36. The Morgan fingerprint density at radius 3 is 2.21 bits per heavy atom. The number of rotatable bonds is 3. The first kappa shape index (κ1) is 22.2. The summed E-state index contributed by atoms with van der Waals surface area (Å²) >= 11 is 0. The number of carbonyl (C=O) groups excluding carboxylic acids is 1. The average molecular weight is 423 g/mol. The van der Waals surface area contributed by atoms with Crippen LogP contribution in [0.4, 0.5) is 0 Å². The average Bonchev–Trinajstić information content (AvgIpc) is 2.66. The van der Waals surface area contributed by atoms with E-state index in [2.05, 4.69) is 20.8 Å². The number of hydrogen-bond donors (Lipinski definition) is 0. The Kier molecular flexibility index (Phi) is 6.41. The molecule has 1 aromatic rings. The van der Waals surface area contributed by atoms with E-state index in [0.29, 0.717) is 44.2 Å². The number of aryl methyl sites for hydroxylation is 2. The molecule has 0 aromatic heterocycles. The lowest BCUT2D eigenvalue weighted by Crippen LogP contribution is -2.49. The molecule has 0 N–H and O–H groups in total. The topological polar surface area (TPSA) is 66.9 Å². The van der Waals surface area contributed by atoms with Gasteiger partial charge in [0.2, 0.25) is 15.9 Å². The summed E-state index contributed by atoms with van der Waals surface area (Å²) in [5.74, 6) is -0.212. The van der Waals surface area contributed by atoms with Crippen molar-refractivity contribution in [3.63, 3.8) is 0 Å². The van der Waals surface area contributed by atoms with Crippen molar-refractivity contribution in [3.05, 3.63) is 28.8 Å². The molecule has 2 heterocycles. The van der Waals surface area contributed by atoms with Crippen LogP contribution in [0.5, 0.6) is 0 Å². The second-order valence-corrected chi connectivity index (χ2v) is 11.2. The molecule has 7 heteroatoms. The van der Waals surface area contributed by atoms with Gasteiger partial charge in [0.15, 0.2) is 0 Å². The molecule has 3 rings (SSSR count). The van der Waals surface area contributed by atoms with Crippen molar-refractivity contribution in [2.24, 2.45) is 5.92 Å². The van der Waals surface area contributed by atoms with Gasteiger partial charge in [-0.05, 0) is 48.8 Å². The van der Waals surface area contributed by atoms with Gasteiger partial charge in [-0.1, -0.05) is 32.9 Å². The summed E-state index contributed by atoms with van der Waals surface area (Å²) in [6, 6.07) is 3.97. The maximum Gasteiger partial charge on any atom is 0.243 e. The molecular weight excluding hydrogens is 388 g/mol. The van der Waals surface area contributed by atoms with Crippen LogP contribution in [0.3, 0.4) is 0 Å². The molecule has 1 unspecified atom stereocenters. The fourth-order valence-electron chi connectivity index (χ4n) is 4.32. The summed E-state index contributed by atoms with van der Waals surface area (Å²) in [4.78, 5) is 15.1. The predicted molar refractivity (Wildman–Crippen MR) is 113 cm³/mol. The first-order chi connectivity index (χ1) is 13.5. The third-order valence-electron chi connectivity index (χ3n) is 5.98. The van der Waals surface area contributed by atoms with Gasteiger partial charge in [-0.15, -0.1) is 0 Å². The highest BCUT2D eigenvalue weighted by molar-refractivity contribution is 7.89. The van der Waals surface area contributed by atoms with Gasteiger partial charge in [0.25, 0.3) is 0 Å². The van der Waals surface area contributed by atoms with Crippen molar-refractivity contribution in [2.75, 3.05) is 39.4 Å². The highest BCUT2D eigenvalue weighted by Gasteiger charge is 2.36. The third kappa shape index (κ3) is 4.67. The molecule has 2 aliphatic heterocycles. The van der Waals surface area contributed by atoms with Gasteiger partial charge < -0.3 is 9.64 Å². The Hall–Kier alpha value is -1.44. The molecule has 0 saturated carbocycles. The van der Waals surface area contributed by atoms with Crippen LogP contribution in [-0.4, -0.2) is 62.9 Å². The van der Waals surface area contributed by atoms with E-state index in [4.69, 9.17) is 4.74 Å². The van der Waals surface area contributed by atoms with Crippen LogP contribution in [0.1, 0.15) is 50.3 Å². The van der Waals surface area contributed by atoms with E-state index in [1.807, 2.05) is 30.9 Å². The Morgan fingerprint density at radius 1 is 1.07 bits per heavy atom. The number of ether oxygens (including phenoxy) is 1. The number of benzene rings is 1. The molecular formula is C22H34N2O4S. The Labute approximate surface area is 175 Å². The Bertz CT molecular complexity index is 844. The number of carbonyl (C=O) groups is 1. The summed E-state index contributed by atoms with van der Waals surface area (Å²) in [5, 5.41) is 0. The van der Waals surface area contributed by atoms with Crippen LogP contribution in [0, 0.1) is 19.8 Å². The highest BCUT2D eigenvalue weighted by Crippen LogP contribution is 2.32. The molecule has 2 saturated heterocycles. The van der Waals surface area contributed by atoms with Crippen LogP contribution in [-0.2, 0) is 25.0 Å². The van der Waals surface area contributed by atoms with Gasteiger partial charge >= 0.3 is 0 Å². The summed E-state index contributed by atoms with van der Waals surface area (Å²) in [5.41, 5.74) is 2.64. The molecule has 0 aliphatic carbocycles. The first-order valence-electron chi connectivity index (χ1n) is 10.5. The summed E-state index contributed by atoms with van der Waals surface area (Å²) in [7, 11) is -3.64. The quantitative estimate of drug-likeness (QED) is 0.751. The molecule has 162 valence electrons. The van der Waals surface area contributed by atoms with Crippen molar-refractivity contribution < 1.29 is 17.9 Å². The lowest BCUT2D eigenvalue weighted by atomic mass is 9.85. The van der Waals surface area contributed by atoms with Crippen molar-refractivity contribution in [1.29, 1.82) is 0 Å². The minimum absolute atomic E-state index is 0.0430. The molecule has 1 aromatic carbocycles. The molecule has 1 atom stereocenters. The maximum atomic E-state index is 13.5. The molecule has 0 spiro atoms. The Morgan fingerprint density at radius 2 is 1.66 bits per heavy atom. The normalized spacial score (nSPS) is 22.0. The molecule has 2 aliphatic rings. The lowest BCUT2D eigenvalue weighted by Gasteiger charge is -2.36. The number of piperidine rings is 1. The number of amides is 1. The van der Waals surface area contributed by atoms with E-state index in [9.17, 15) is 13.2 Å². The standard InChI is InChI=1S/C22H34N2O4S/c1-16-13-19(22(3,4)5)14-17(2)20(16)29(26,27)24-8-6-7-18(15-24)21(25)23-9-11-28-12-10-23/h13-14,18H,6-12,15H2,1-5H3. The largest absolute Gasteiger partial charge is 0.378 e. The second-order valence-electron chi connectivity index (χ2n) is 9.33. The third-order valence-corrected chi connectivity index (χ3v) is 8.15. The van der Waals surface area contributed by atoms with Crippen molar-refractivity contribution >= 4 is 15.9 Å². The van der Waals surface area contributed by atoms with E-state index in [-0.39, 0.29) is 23.8 Å². The molecule has 2 fully saturated rings. The van der Waals surface area contributed by atoms with Crippen molar-refractivity contribution in [3.8, 4) is 0 Å². The minimum Gasteiger partial charge on any atom is -0.378 e. The number of hydrogen-bond acceptors (Lipinski definition) is 4. The van der Waals surface area contributed by atoms with Gasteiger partial charge in [0.05, 0.1) is 24.0 Å². The first-order valence-corrected chi connectivity index (χ1v) is 11.9. The van der Waals surface area contributed by atoms with Crippen molar-refractivity contribution in [1.82, 2.24) is 9.21 Å². The molecule has 0 radical (unpaired) electrons. The summed E-state index contributed by atoms with van der Waals surface area (Å²) in [6.07, 6.45) is 1.45. The van der Waals surface area contributed by atoms with E-state index in [0.717, 1.165) is 23.1 Å². The maximum absolute atomic E-state index is 13.5. The number of nitrogens with zero attached hydrogens (tertiary/aromatic N) is 2. The van der Waals surface area contributed by atoms with Gasteiger partial charge in [-0.3, -0.25) is 4.79 Å². The molecule has 6 nitrogen and oxygen atoms in total. The van der Waals surface area contributed by atoms with Gasteiger partial charge in [0.1, 0.15) is 0 Å². The van der Waals surface area contributed by atoms with E-state index < -0.39 is 10.0 Å². The molecule has 29 heavy (non-hydrogen) atoms. The smallest absolute Gasteiger partial charge is 0.243 e. The van der Waals surface area contributed by atoms with Gasteiger partial charge in [-0.2, -0.15) is 4.31 Å². The van der Waals surface area contributed by atoms with Crippen molar-refractivity contribution in [2.45, 2.75) is 57.8 Å². The highest BCUT2D eigenvalue weighted by atomic mass is 32.2. The van der Waals surface area contributed by atoms with Crippen LogP contribution in [0.2, 0.25) is 0 Å². The van der Waals surface area contributed by atoms with Crippen LogP contribution < -0.4 is 0 Å². The van der Waals surface area contributed by atoms with E-state index in [1.165, 1.54) is 4.31 Å². The van der Waals surface area contributed by atoms with Crippen LogP contribution in [0.25, 0.3) is 0 Å². The summed E-state index contributed by atoms with van der Waals surface area (Å²) < 4.78 is 33.9. The fraction of sp³-hybridized carbons (Fsp3) is 0.682. The monoisotopic (exact) mass is 422 g/mol. The molecule has 1 amide bonds. The predicted octanol–water partition coefficient (Wildman–Crippen LogP) is 2.86. The van der Waals surface area contributed by atoms with Crippen LogP contribution in [0.15, 0.2) is 17.0 Å². The van der Waals surface area contributed by atoms with Crippen LogP contribution >= 0.6 is 0 Å². The number of sulfonamides is 1. The van der Waals surface area contributed by atoms with E-state index >= 15 is 0 Å². The zero-order valence-electron chi connectivity index (χ0n) is 18.3. The minimum atomic E-state index is -3.64. The van der Waals surface area contributed by atoms with E-state index in [1.54, 1.807) is 0 Å². The molecule has 0 bridgehead atoms. The zero-order chi connectivity index (χ0) is 21.4. The fourth-order valence-corrected chi connectivity index (χ4v) is 6.26. The van der Waals surface area contributed by atoms with Gasteiger partial charge in [-0.25, -0.2) is 8.42 Å². The summed E-state index contributed by atoms with van der Waals surface area (Å²) in [6.45, 7) is 13.1. The van der Waals surface area contributed by atoms with Gasteiger partial charge in [0, 0.05) is 26.2 Å². The SMILES string of the molecule is Cc1cc(C(C)(C)C)cc(C)c1S(=O)(=O)N1CCCC(C(=O)N2CCOCC2)C1. The Balaban J connectivity index is 1.85. The number of morpholine rings is 1. The zero-order valence-corrected chi connectivity index (χ0v) is 19.1.